The summed E-state index contributed by atoms with van der Waals surface area (Å²) in [5.74, 6) is 0. The monoisotopic (exact) mass is 232 g/mol. The van der Waals surface area contributed by atoms with Gasteiger partial charge in [0.2, 0.25) is 0 Å². The first-order chi connectivity index (χ1) is 7.07. The van der Waals surface area contributed by atoms with Crippen LogP contribution in [0.2, 0.25) is 0 Å². The first-order valence-electron chi connectivity index (χ1n) is 5.74. The van der Waals surface area contributed by atoms with E-state index in [2.05, 4.69) is 31.1 Å². The van der Waals surface area contributed by atoms with Crippen molar-refractivity contribution in [2.45, 2.75) is 39.7 Å². The van der Waals surface area contributed by atoms with Crippen LogP contribution >= 0.6 is 11.6 Å². The van der Waals surface area contributed by atoms with Gasteiger partial charge in [0.15, 0.2) is 0 Å². The van der Waals surface area contributed by atoms with E-state index in [4.69, 9.17) is 11.6 Å². The zero-order chi connectivity index (χ0) is 11.7. The zero-order valence-electron chi connectivity index (χ0n) is 10.5. The van der Waals surface area contributed by atoms with E-state index >= 15 is 0 Å². The Morgan fingerprint density at radius 2 is 2.07 bits per heavy atom. The van der Waals surface area contributed by atoms with Gasteiger partial charge in [-0.15, -0.1) is 0 Å². The second-order valence-corrected chi connectivity index (χ2v) is 4.63. The van der Waals surface area contributed by atoms with Crippen LogP contribution in [0.15, 0.2) is 11.1 Å². The molecule has 0 aromatic rings. The van der Waals surface area contributed by atoms with E-state index in [1.807, 2.05) is 6.92 Å². The van der Waals surface area contributed by atoms with Crippen LogP contribution in [0.5, 0.6) is 0 Å². The van der Waals surface area contributed by atoms with E-state index in [1.165, 1.54) is 25.0 Å². The Morgan fingerprint density at radius 3 is 2.60 bits per heavy atom. The summed E-state index contributed by atoms with van der Waals surface area (Å²) >= 11 is 5.56. The number of rotatable bonds is 8. The maximum Gasteiger partial charge on any atom is 0.0173 e. The molecule has 0 amide bonds. The van der Waals surface area contributed by atoms with Crippen LogP contribution in [-0.2, 0) is 0 Å². The number of hydrogen-bond acceptors (Lipinski definition) is 2. The lowest BCUT2D eigenvalue weighted by molar-refractivity contribution is 0.268. The highest BCUT2D eigenvalue weighted by molar-refractivity contribution is 6.25. The molecule has 90 valence electrons. The van der Waals surface area contributed by atoms with Gasteiger partial charge in [0.25, 0.3) is 0 Å². The van der Waals surface area contributed by atoms with Crippen LogP contribution in [0.3, 0.4) is 0 Å². The maximum atomic E-state index is 5.56. The SMILES string of the molecule is CC(=CCl)CNCCCCN(C)C(C)C. The van der Waals surface area contributed by atoms with Crippen LogP contribution in [0.4, 0.5) is 0 Å². The fraction of sp³-hybridized carbons (Fsp3) is 0.833. The average molecular weight is 233 g/mol. The molecular weight excluding hydrogens is 208 g/mol. The maximum absolute atomic E-state index is 5.56. The summed E-state index contributed by atoms with van der Waals surface area (Å²) in [7, 11) is 2.18. The summed E-state index contributed by atoms with van der Waals surface area (Å²) in [6.07, 6.45) is 2.48. The van der Waals surface area contributed by atoms with Gasteiger partial charge in [-0.05, 0) is 59.3 Å². The molecule has 0 aliphatic rings. The molecule has 0 aliphatic heterocycles. The smallest absolute Gasteiger partial charge is 0.0173 e. The van der Waals surface area contributed by atoms with E-state index in [9.17, 15) is 0 Å². The van der Waals surface area contributed by atoms with E-state index in [0.29, 0.717) is 6.04 Å². The minimum atomic E-state index is 0.652. The predicted octanol–water partition coefficient (Wildman–Crippen LogP) is 2.84. The molecule has 0 atom stereocenters. The van der Waals surface area contributed by atoms with Gasteiger partial charge in [-0.3, -0.25) is 0 Å². The second kappa shape index (κ2) is 9.20. The van der Waals surface area contributed by atoms with Gasteiger partial charge in [-0.1, -0.05) is 11.6 Å². The predicted molar refractivity (Wildman–Crippen MR) is 69.5 cm³/mol. The molecule has 0 aromatic heterocycles. The Bertz CT molecular complexity index is 178. The molecule has 0 saturated carbocycles. The third kappa shape index (κ3) is 8.91. The standard InChI is InChI=1S/C12H25ClN2/c1-11(2)15(4)8-6-5-7-14-10-12(3)9-13/h9,11,14H,5-8,10H2,1-4H3. The molecule has 3 heteroatoms. The van der Waals surface area contributed by atoms with Gasteiger partial charge in [-0.2, -0.15) is 0 Å². The molecule has 0 bridgehead atoms. The van der Waals surface area contributed by atoms with Gasteiger partial charge >= 0.3 is 0 Å². The van der Waals surface area contributed by atoms with Crippen molar-refractivity contribution in [1.29, 1.82) is 0 Å². The largest absolute Gasteiger partial charge is 0.313 e. The molecule has 15 heavy (non-hydrogen) atoms. The zero-order valence-corrected chi connectivity index (χ0v) is 11.3. The fourth-order valence-electron chi connectivity index (χ4n) is 1.19. The molecule has 0 spiro atoms. The summed E-state index contributed by atoms with van der Waals surface area (Å²) in [5.41, 5.74) is 2.83. The molecule has 0 unspecified atom stereocenters. The molecule has 0 saturated heterocycles. The summed E-state index contributed by atoms with van der Waals surface area (Å²) in [5, 5.41) is 3.37. The molecule has 0 aromatic carbocycles. The van der Waals surface area contributed by atoms with E-state index in [-0.39, 0.29) is 0 Å². The lowest BCUT2D eigenvalue weighted by atomic mass is 10.2. The molecule has 2 nitrogen and oxygen atoms in total. The Morgan fingerprint density at radius 1 is 1.40 bits per heavy atom. The average Bonchev–Trinajstić information content (AvgIpc) is 2.22. The molecule has 0 aliphatic carbocycles. The fourth-order valence-corrected chi connectivity index (χ4v) is 1.27. The lowest BCUT2D eigenvalue weighted by Gasteiger charge is -2.20. The first kappa shape index (κ1) is 14.9. The molecule has 1 N–H and O–H groups in total. The lowest BCUT2D eigenvalue weighted by Crippen LogP contribution is -2.28. The van der Waals surface area contributed by atoms with Crippen LogP contribution in [-0.4, -0.2) is 37.6 Å². The quantitative estimate of drug-likeness (QED) is 0.648. The Balaban J connectivity index is 3.25. The molecule has 0 heterocycles. The molecule has 0 radical (unpaired) electrons. The van der Waals surface area contributed by atoms with Crippen molar-refractivity contribution in [3.63, 3.8) is 0 Å². The molecule has 0 fully saturated rings. The van der Waals surface area contributed by atoms with Gasteiger partial charge in [0.05, 0.1) is 0 Å². The number of halogens is 1. The second-order valence-electron chi connectivity index (χ2n) is 4.41. The molecule has 0 rings (SSSR count). The summed E-state index contributed by atoms with van der Waals surface area (Å²) in [6.45, 7) is 9.66. The molecular formula is C12H25ClN2. The summed E-state index contributed by atoms with van der Waals surface area (Å²) < 4.78 is 0. The topological polar surface area (TPSA) is 15.3 Å². The number of nitrogens with zero attached hydrogens (tertiary/aromatic N) is 1. The van der Waals surface area contributed by atoms with Crippen LogP contribution in [0.1, 0.15) is 33.6 Å². The van der Waals surface area contributed by atoms with E-state index in [1.54, 1.807) is 5.54 Å². The highest BCUT2D eigenvalue weighted by Crippen LogP contribution is 1.97. The first-order valence-corrected chi connectivity index (χ1v) is 6.18. The van der Waals surface area contributed by atoms with Crippen molar-refractivity contribution in [2.75, 3.05) is 26.7 Å². The third-order valence-electron chi connectivity index (χ3n) is 2.59. The third-order valence-corrected chi connectivity index (χ3v) is 2.96. The van der Waals surface area contributed by atoms with Crippen molar-refractivity contribution >= 4 is 11.6 Å². The number of nitrogens with one attached hydrogen (secondary N) is 1. The van der Waals surface area contributed by atoms with E-state index in [0.717, 1.165) is 13.1 Å². The van der Waals surface area contributed by atoms with Crippen LogP contribution in [0.25, 0.3) is 0 Å². The summed E-state index contributed by atoms with van der Waals surface area (Å²) in [4.78, 5) is 2.38. The number of hydrogen-bond donors (Lipinski definition) is 1. The van der Waals surface area contributed by atoms with E-state index < -0.39 is 0 Å². The normalized spacial score (nSPS) is 12.9. The highest BCUT2D eigenvalue weighted by atomic mass is 35.5. The van der Waals surface area contributed by atoms with Crippen molar-refractivity contribution < 1.29 is 0 Å². The highest BCUT2D eigenvalue weighted by Gasteiger charge is 2.01. The minimum Gasteiger partial charge on any atom is -0.313 e. The van der Waals surface area contributed by atoms with Gasteiger partial charge in [-0.25, -0.2) is 0 Å². The van der Waals surface area contributed by atoms with Gasteiger partial charge in [0.1, 0.15) is 0 Å². The van der Waals surface area contributed by atoms with Crippen molar-refractivity contribution in [3.05, 3.63) is 11.1 Å². The summed E-state index contributed by atoms with van der Waals surface area (Å²) in [6, 6.07) is 0.652. The van der Waals surface area contributed by atoms with Gasteiger partial charge in [0, 0.05) is 18.1 Å². The van der Waals surface area contributed by atoms with Gasteiger partial charge < -0.3 is 10.2 Å². The Kier molecular flexibility index (Phi) is 9.17. The van der Waals surface area contributed by atoms with Crippen LogP contribution in [0, 0.1) is 0 Å². The van der Waals surface area contributed by atoms with Crippen molar-refractivity contribution in [2.24, 2.45) is 0 Å². The van der Waals surface area contributed by atoms with Crippen molar-refractivity contribution in [1.82, 2.24) is 10.2 Å². The van der Waals surface area contributed by atoms with Crippen molar-refractivity contribution in [3.8, 4) is 0 Å². The van der Waals surface area contributed by atoms with Crippen LogP contribution < -0.4 is 5.32 Å². The minimum absolute atomic E-state index is 0.652. The Labute approximate surface area is 99.7 Å². The number of unbranched alkanes of at least 4 members (excludes halogenated alkanes) is 1. The Hall–Kier alpha value is -0.0500.